The van der Waals surface area contributed by atoms with E-state index < -0.39 is 23.3 Å². The second kappa shape index (κ2) is 5.77. The van der Waals surface area contributed by atoms with Crippen molar-refractivity contribution in [1.29, 1.82) is 0 Å². The Balaban J connectivity index is 2.73. The first-order valence-corrected chi connectivity index (χ1v) is 5.78. The van der Waals surface area contributed by atoms with E-state index in [9.17, 15) is 14.7 Å². The molecule has 94 valence electrons. The van der Waals surface area contributed by atoms with Gasteiger partial charge in [-0.1, -0.05) is 31.6 Å². The second-order valence-electron chi connectivity index (χ2n) is 4.12. The molecule has 0 aromatic rings. The Morgan fingerprint density at radius 1 is 1.41 bits per heavy atom. The van der Waals surface area contributed by atoms with Gasteiger partial charge in [-0.05, 0) is 19.4 Å². The molecule has 0 aromatic heterocycles. The molecule has 0 saturated heterocycles. The van der Waals surface area contributed by atoms with Crippen molar-refractivity contribution in [2.24, 2.45) is 5.92 Å². The van der Waals surface area contributed by atoms with Gasteiger partial charge in [0.1, 0.15) is 5.92 Å². The maximum atomic E-state index is 11.8. The Labute approximate surface area is 101 Å². The average molecular weight is 238 g/mol. The van der Waals surface area contributed by atoms with Crippen LogP contribution in [-0.2, 0) is 14.3 Å². The summed E-state index contributed by atoms with van der Waals surface area (Å²) >= 11 is 0. The smallest absolute Gasteiger partial charge is 0.316 e. The fourth-order valence-electron chi connectivity index (χ4n) is 1.63. The van der Waals surface area contributed by atoms with Crippen LogP contribution in [0.25, 0.3) is 0 Å². The summed E-state index contributed by atoms with van der Waals surface area (Å²) in [4.78, 5) is 23.2. The number of carbonyl (C=O) groups is 2. The summed E-state index contributed by atoms with van der Waals surface area (Å²) in [5.41, 5.74) is -1.77. The third-order valence-corrected chi connectivity index (χ3v) is 2.80. The van der Waals surface area contributed by atoms with Gasteiger partial charge in [-0.2, -0.15) is 0 Å². The van der Waals surface area contributed by atoms with Crippen LogP contribution in [0.4, 0.5) is 0 Å². The molecule has 0 spiro atoms. The standard InChI is InChI=1S/C13H18O4/c1-3-4-9-17-12(15)11-7-5-6-8-13(11,16)10(2)14/h5-8,11,16H,3-4,9H2,1-2H3. The lowest BCUT2D eigenvalue weighted by atomic mass is 9.81. The molecule has 17 heavy (non-hydrogen) atoms. The molecule has 0 bridgehead atoms. The van der Waals surface area contributed by atoms with E-state index in [1.807, 2.05) is 6.92 Å². The maximum absolute atomic E-state index is 11.8. The lowest BCUT2D eigenvalue weighted by Crippen LogP contribution is -2.47. The molecule has 1 N–H and O–H groups in total. The summed E-state index contributed by atoms with van der Waals surface area (Å²) in [6.07, 6.45) is 7.71. The fraction of sp³-hybridized carbons (Fsp3) is 0.538. The number of ether oxygens (including phenoxy) is 1. The topological polar surface area (TPSA) is 63.6 Å². The van der Waals surface area contributed by atoms with Gasteiger partial charge in [-0.25, -0.2) is 0 Å². The Bertz CT molecular complexity index is 356. The highest BCUT2D eigenvalue weighted by atomic mass is 16.5. The zero-order chi connectivity index (χ0) is 12.9. The lowest BCUT2D eigenvalue weighted by molar-refractivity contribution is -0.157. The van der Waals surface area contributed by atoms with Crippen LogP contribution in [0.3, 0.4) is 0 Å². The van der Waals surface area contributed by atoms with E-state index in [0.29, 0.717) is 6.61 Å². The predicted molar refractivity (Wildman–Crippen MR) is 63.3 cm³/mol. The number of ketones is 1. The molecule has 0 fully saturated rings. The van der Waals surface area contributed by atoms with Crippen molar-refractivity contribution in [2.45, 2.75) is 32.3 Å². The van der Waals surface area contributed by atoms with Crippen molar-refractivity contribution in [3.8, 4) is 0 Å². The molecular formula is C13H18O4. The summed E-state index contributed by atoms with van der Waals surface area (Å²) in [7, 11) is 0. The summed E-state index contributed by atoms with van der Waals surface area (Å²) in [6.45, 7) is 3.57. The molecule has 2 unspecified atom stereocenters. The number of hydrogen-bond donors (Lipinski definition) is 1. The molecular weight excluding hydrogens is 220 g/mol. The summed E-state index contributed by atoms with van der Waals surface area (Å²) in [5.74, 6) is -1.96. The van der Waals surface area contributed by atoms with Gasteiger partial charge in [0.15, 0.2) is 11.4 Å². The Morgan fingerprint density at radius 3 is 2.71 bits per heavy atom. The third-order valence-electron chi connectivity index (χ3n) is 2.80. The van der Waals surface area contributed by atoms with Crippen molar-refractivity contribution in [2.75, 3.05) is 6.61 Å². The summed E-state index contributed by atoms with van der Waals surface area (Å²) in [5, 5.41) is 10.1. The monoisotopic (exact) mass is 238 g/mol. The minimum atomic E-state index is -1.77. The van der Waals surface area contributed by atoms with Gasteiger partial charge in [0.25, 0.3) is 0 Å². The predicted octanol–water partition coefficient (Wildman–Crippen LogP) is 1.39. The first-order valence-electron chi connectivity index (χ1n) is 5.78. The zero-order valence-electron chi connectivity index (χ0n) is 10.2. The Hall–Kier alpha value is -1.42. The van der Waals surface area contributed by atoms with Crippen LogP contribution in [0.2, 0.25) is 0 Å². The van der Waals surface area contributed by atoms with E-state index in [1.54, 1.807) is 12.2 Å². The minimum Gasteiger partial charge on any atom is -0.465 e. The van der Waals surface area contributed by atoms with E-state index in [1.165, 1.54) is 19.1 Å². The largest absolute Gasteiger partial charge is 0.465 e. The van der Waals surface area contributed by atoms with Crippen LogP contribution in [0.1, 0.15) is 26.7 Å². The lowest BCUT2D eigenvalue weighted by Gasteiger charge is -2.29. The van der Waals surface area contributed by atoms with Gasteiger partial charge < -0.3 is 9.84 Å². The van der Waals surface area contributed by atoms with Crippen molar-refractivity contribution >= 4 is 11.8 Å². The molecule has 0 heterocycles. The molecule has 1 aliphatic carbocycles. The number of aliphatic hydroxyl groups is 1. The molecule has 4 heteroatoms. The molecule has 0 saturated carbocycles. The quantitative estimate of drug-likeness (QED) is 0.580. The van der Waals surface area contributed by atoms with Gasteiger partial charge in [0.05, 0.1) is 6.61 Å². The van der Waals surface area contributed by atoms with Crippen molar-refractivity contribution in [1.82, 2.24) is 0 Å². The highest BCUT2D eigenvalue weighted by Crippen LogP contribution is 2.26. The number of unbranched alkanes of at least 4 members (excludes halogenated alkanes) is 1. The maximum Gasteiger partial charge on any atom is 0.316 e. The third kappa shape index (κ3) is 3.03. The van der Waals surface area contributed by atoms with Crippen LogP contribution in [0.5, 0.6) is 0 Å². The van der Waals surface area contributed by atoms with Crippen LogP contribution in [0, 0.1) is 5.92 Å². The first-order chi connectivity index (χ1) is 8.02. The van der Waals surface area contributed by atoms with Gasteiger partial charge in [0, 0.05) is 0 Å². The molecule has 1 rings (SSSR count). The normalized spacial score (nSPS) is 26.9. The Kier molecular flexibility index (Phi) is 4.63. The molecule has 1 aliphatic rings. The minimum absolute atomic E-state index is 0.317. The Morgan fingerprint density at radius 2 is 2.12 bits per heavy atom. The van der Waals surface area contributed by atoms with E-state index in [-0.39, 0.29) is 0 Å². The highest BCUT2D eigenvalue weighted by Gasteiger charge is 2.43. The molecule has 0 amide bonds. The van der Waals surface area contributed by atoms with Crippen LogP contribution >= 0.6 is 0 Å². The molecule has 0 aliphatic heterocycles. The van der Waals surface area contributed by atoms with E-state index in [4.69, 9.17) is 4.74 Å². The van der Waals surface area contributed by atoms with E-state index in [2.05, 4.69) is 0 Å². The fourth-order valence-corrected chi connectivity index (χ4v) is 1.63. The summed E-state index contributed by atoms with van der Waals surface area (Å²) in [6, 6.07) is 0. The molecule has 0 radical (unpaired) electrons. The van der Waals surface area contributed by atoms with Crippen LogP contribution in [0.15, 0.2) is 24.3 Å². The molecule has 4 nitrogen and oxygen atoms in total. The number of esters is 1. The van der Waals surface area contributed by atoms with Crippen molar-refractivity contribution < 1.29 is 19.4 Å². The van der Waals surface area contributed by atoms with E-state index >= 15 is 0 Å². The van der Waals surface area contributed by atoms with Gasteiger partial charge >= 0.3 is 5.97 Å². The average Bonchev–Trinajstić information content (AvgIpc) is 2.29. The number of rotatable bonds is 5. The van der Waals surface area contributed by atoms with Crippen molar-refractivity contribution in [3.05, 3.63) is 24.3 Å². The molecule has 0 aromatic carbocycles. The number of carbonyl (C=O) groups excluding carboxylic acids is 2. The van der Waals surface area contributed by atoms with Crippen LogP contribution in [-0.4, -0.2) is 29.1 Å². The number of Topliss-reactive ketones (excluding diaryl/α,β-unsaturated/α-hetero) is 1. The number of allylic oxidation sites excluding steroid dienone is 2. The van der Waals surface area contributed by atoms with Gasteiger partial charge in [-0.3, -0.25) is 9.59 Å². The van der Waals surface area contributed by atoms with E-state index in [0.717, 1.165) is 12.8 Å². The van der Waals surface area contributed by atoms with Gasteiger partial charge in [-0.15, -0.1) is 0 Å². The first kappa shape index (κ1) is 13.6. The zero-order valence-corrected chi connectivity index (χ0v) is 10.2. The number of hydrogen-bond acceptors (Lipinski definition) is 4. The SMILES string of the molecule is CCCCOC(=O)C1C=CC=CC1(O)C(C)=O. The van der Waals surface area contributed by atoms with Crippen LogP contribution < -0.4 is 0 Å². The van der Waals surface area contributed by atoms with Crippen molar-refractivity contribution in [3.63, 3.8) is 0 Å². The molecule has 2 atom stereocenters. The summed E-state index contributed by atoms with van der Waals surface area (Å²) < 4.78 is 5.03. The highest BCUT2D eigenvalue weighted by molar-refractivity contribution is 5.94. The second-order valence-corrected chi connectivity index (χ2v) is 4.12. The van der Waals surface area contributed by atoms with Gasteiger partial charge in [0.2, 0.25) is 0 Å².